The molecule has 0 spiro atoms. The highest BCUT2D eigenvalue weighted by atomic mass is 35.5. The number of benzene rings is 1. The van der Waals surface area contributed by atoms with E-state index >= 15 is 0 Å². The monoisotopic (exact) mass is 352 g/mol. The highest BCUT2D eigenvalue weighted by Crippen LogP contribution is 2.14. The Kier molecular flexibility index (Phi) is 6.57. The van der Waals surface area contributed by atoms with Crippen LogP contribution in [0.25, 0.3) is 0 Å². The van der Waals surface area contributed by atoms with E-state index in [1.807, 2.05) is 4.90 Å². The Labute approximate surface area is 145 Å². The van der Waals surface area contributed by atoms with Gasteiger partial charge in [0.05, 0.1) is 23.7 Å². The summed E-state index contributed by atoms with van der Waals surface area (Å²) in [6.45, 7) is 2.62. The van der Waals surface area contributed by atoms with Gasteiger partial charge in [-0.25, -0.2) is 0 Å². The number of piperazine rings is 1. The van der Waals surface area contributed by atoms with Gasteiger partial charge in [0.1, 0.15) is 0 Å². The van der Waals surface area contributed by atoms with Crippen LogP contribution in [0.15, 0.2) is 24.3 Å². The van der Waals surface area contributed by atoms with E-state index in [1.165, 1.54) is 0 Å². The van der Waals surface area contributed by atoms with Crippen LogP contribution in [0.3, 0.4) is 0 Å². The molecule has 1 aliphatic heterocycles. The standard InChI is InChI=1S/C16H21ClN4O3/c1-18-14(22)11-20-6-8-21(9-7-20)15(23)10-19-16(24)12-4-2-3-5-13(12)17/h2-5H,6-11H2,1H3,(H,18,22)(H,19,24). The summed E-state index contributed by atoms with van der Waals surface area (Å²) in [5.74, 6) is -0.552. The van der Waals surface area contributed by atoms with E-state index in [-0.39, 0.29) is 24.3 Å². The Balaban J connectivity index is 1.77. The van der Waals surface area contributed by atoms with Crippen LogP contribution in [0, 0.1) is 0 Å². The van der Waals surface area contributed by atoms with Crippen LogP contribution in [0.2, 0.25) is 5.02 Å². The van der Waals surface area contributed by atoms with E-state index in [4.69, 9.17) is 11.6 Å². The van der Waals surface area contributed by atoms with Crippen molar-refractivity contribution >= 4 is 29.3 Å². The Hall–Kier alpha value is -2.12. The third-order valence-electron chi connectivity index (χ3n) is 3.89. The summed E-state index contributed by atoms with van der Waals surface area (Å²) in [5.41, 5.74) is 0.349. The Morgan fingerprint density at radius 2 is 1.79 bits per heavy atom. The maximum absolute atomic E-state index is 12.2. The normalized spacial score (nSPS) is 15.0. The second-order valence-corrected chi connectivity index (χ2v) is 5.90. The van der Waals surface area contributed by atoms with Crippen molar-refractivity contribution in [2.24, 2.45) is 0 Å². The molecule has 1 fully saturated rings. The van der Waals surface area contributed by atoms with E-state index in [9.17, 15) is 14.4 Å². The van der Waals surface area contributed by atoms with Gasteiger partial charge in [-0.1, -0.05) is 23.7 Å². The maximum Gasteiger partial charge on any atom is 0.253 e. The van der Waals surface area contributed by atoms with E-state index in [1.54, 1.807) is 36.2 Å². The number of likely N-dealkylation sites (N-methyl/N-ethyl adjacent to an activating group) is 1. The van der Waals surface area contributed by atoms with Gasteiger partial charge in [0.25, 0.3) is 5.91 Å². The van der Waals surface area contributed by atoms with E-state index in [0.29, 0.717) is 43.3 Å². The predicted octanol–water partition coefficient (Wildman–Crippen LogP) is -0.0400. The molecule has 8 heteroatoms. The Morgan fingerprint density at radius 3 is 2.42 bits per heavy atom. The first kappa shape index (κ1) is 18.2. The minimum Gasteiger partial charge on any atom is -0.358 e. The molecule has 1 saturated heterocycles. The van der Waals surface area contributed by atoms with E-state index in [2.05, 4.69) is 10.6 Å². The number of carbonyl (C=O) groups is 3. The number of hydrogen-bond donors (Lipinski definition) is 2. The number of rotatable bonds is 5. The second kappa shape index (κ2) is 8.65. The van der Waals surface area contributed by atoms with Gasteiger partial charge < -0.3 is 15.5 Å². The molecule has 0 atom stereocenters. The van der Waals surface area contributed by atoms with Gasteiger partial charge in [-0.15, -0.1) is 0 Å². The lowest BCUT2D eigenvalue weighted by Gasteiger charge is -2.34. The summed E-state index contributed by atoms with van der Waals surface area (Å²) >= 11 is 5.96. The molecule has 1 aromatic carbocycles. The van der Waals surface area contributed by atoms with Crippen molar-refractivity contribution in [2.45, 2.75) is 0 Å². The summed E-state index contributed by atoms with van der Waals surface area (Å²) in [5, 5.41) is 5.53. The van der Waals surface area contributed by atoms with Gasteiger partial charge in [0.2, 0.25) is 11.8 Å². The molecule has 2 rings (SSSR count). The highest BCUT2D eigenvalue weighted by molar-refractivity contribution is 6.33. The van der Waals surface area contributed by atoms with Crippen LogP contribution in [0.5, 0.6) is 0 Å². The topological polar surface area (TPSA) is 81.8 Å². The summed E-state index contributed by atoms with van der Waals surface area (Å²) in [6.07, 6.45) is 0. The molecule has 7 nitrogen and oxygen atoms in total. The van der Waals surface area contributed by atoms with Crippen LogP contribution < -0.4 is 10.6 Å². The summed E-state index contributed by atoms with van der Waals surface area (Å²) in [7, 11) is 1.60. The fourth-order valence-electron chi connectivity index (χ4n) is 2.45. The molecular weight excluding hydrogens is 332 g/mol. The quantitative estimate of drug-likeness (QED) is 0.779. The van der Waals surface area contributed by atoms with Crippen LogP contribution >= 0.6 is 11.6 Å². The van der Waals surface area contributed by atoms with Gasteiger partial charge in [-0.05, 0) is 12.1 Å². The van der Waals surface area contributed by atoms with Crippen molar-refractivity contribution in [3.05, 3.63) is 34.9 Å². The number of carbonyl (C=O) groups excluding carboxylic acids is 3. The van der Waals surface area contributed by atoms with Crippen molar-refractivity contribution < 1.29 is 14.4 Å². The van der Waals surface area contributed by atoms with Crippen LogP contribution in [-0.2, 0) is 9.59 Å². The van der Waals surface area contributed by atoms with Gasteiger partial charge >= 0.3 is 0 Å². The molecule has 0 aliphatic carbocycles. The molecule has 2 N–H and O–H groups in total. The van der Waals surface area contributed by atoms with Crippen LogP contribution in [0.1, 0.15) is 10.4 Å². The van der Waals surface area contributed by atoms with E-state index < -0.39 is 0 Å². The molecule has 3 amide bonds. The van der Waals surface area contributed by atoms with Crippen LogP contribution in [0.4, 0.5) is 0 Å². The molecule has 1 heterocycles. The zero-order valence-corrected chi connectivity index (χ0v) is 14.3. The van der Waals surface area contributed by atoms with Crippen molar-refractivity contribution in [1.29, 1.82) is 0 Å². The predicted molar refractivity (Wildman–Crippen MR) is 90.9 cm³/mol. The Morgan fingerprint density at radius 1 is 1.12 bits per heavy atom. The van der Waals surface area contributed by atoms with Gasteiger partial charge in [-0.3, -0.25) is 19.3 Å². The average molecular weight is 353 g/mol. The lowest BCUT2D eigenvalue weighted by Crippen LogP contribution is -2.52. The molecule has 130 valence electrons. The average Bonchev–Trinajstić information content (AvgIpc) is 2.60. The maximum atomic E-state index is 12.2. The number of nitrogens with zero attached hydrogens (tertiary/aromatic N) is 2. The van der Waals surface area contributed by atoms with Gasteiger partial charge in [-0.2, -0.15) is 0 Å². The molecule has 1 aromatic rings. The molecule has 0 unspecified atom stereocenters. The zero-order valence-electron chi connectivity index (χ0n) is 13.5. The summed E-state index contributed by atoms with van der Waals surface area (Å²) in [4.78, 5) is 39.2. The minimum absolute atomic E-state index is 0.0400. The van der Waals surface area contributed by atoms with E-state index in [0.717, 1.165) is 0 Å². The number of amides is 3. The molecule has 1 aliphatic rings. The molecule has 0 radical (unpaired) electrons. The Bertz CT molecular complexity index is 615. The fraction of sp³-hybridized carbons (Fsp3) is 0.438. The largest absolute Gasteiger partial charge is 0.358 e. The highest BCUT2D eigenvalue weighted by Gasteiger charge is 2.22. The summed E-state index contributed by atoms with van der Waals surface area (Å²) < 4.78 is 0. The van der Waals surface area contributed by atoms with Gasteiger partial charge in [0.15, 0.2) is 0 Å². The van der Waals surface area contributed by atoms with Gasteiger partial charge in [0, 0.05) is 33.2 Å². The SMILES string of the molecule is CNC(=O)CN1CCN(C(=O)CNC(=O)c2ccccc2Cl)CC1. The lowest BCUT2D eigenvalue weighted by molar-refractivity contribution is -0.132. The molecule has 24 heavy (non-hydrogen) atoms. The number of halogens is 1. The molecular formula is C16H21ClN4O3. The smallest absolute Gasteiger partial charge is 0.253 e. The molecule has 0 aromatic heterocycles. The third kappa shape index (κ3) is 4.94. The van der Waals surface area contributed by atoms with Crippen molar-refractivity contribution in [3.63, 3.8) is 0 Å². The summed E-state index contributed by atoms with van der Waals surface area (Å²) in [6, 6.07) is 6.69. The number of nitrogens with one attached hydrogen (secondary N) is 2. The first-order valence-corrected chi connectivity index (χ1v) is 8.12. The van der Waals surface area contributed by atoms with Crippen LogP contribution in [-0.4, -0.2) is 73.8 Å². The lowest BCUT2D eigenvalue weighted by atomic mass is 10.2. The molecule has 0 bridgehead atoms. The van der Waals surface area contributed by atoms with Crippen molar-refractivity contribution in [2.75, 3.05) is 46.3 Å². The van der Waals surface area contributed by atoms with Crippen molar-refractivity contribution in [1.82, 2.24) is 20.4 Å². The first-order chi connectivity index (χ1) is 11.5. The fourth-order valence-corrected chi connectivity index (χ4v) is 2.67. The van der Waals surface area contributed by atoms with Crippen molar-refractivity contribution in [3.8, 4) is 0 Å². The zero-order chi connectivity index (χ0) is 17.5. The first-order valence-electron chi connectivity index (χ1n) is 7.74. The number of hydrogen-bond acceptors (Lipinski definition) is 4. The molecule has 0 saturated carbocycles. The second-order valence-electron chi connectivity index (χ2n) is 5.49. The third-order valence-corrected chi connectivity index (χ3v) is 4.22. The minimum atomic E-state index is -0.368.